The first kappa shape index (κ1) is 8.20. The van der Waals surface area contributed by atoms with E-state index in [2.05, 4.69) is 15.5 Å². The number of nitrogens with zero attached hydrogens (tertiary/aromatic N) is 2. The maximum Gasteiger partial charge on any atom is 0.226 e. The predicted octanol–water partition coefficient (Wildman–Crippen LogP) is 0.742. The van der Waals surface area contributed by atoms with Crippen molar-refractivity contribution in [2.75, 3.05) is 6.54 Å². The van der Waals surface area contributed by atoms with Crippen molar-refractivity contribution in [2.45, 2.75) is 26.8 Å². The summed E-state index contributed by atoms with van der Waals surface area (Å²) in [6.07, 6.45) is 0.805. The highest BCUT2D eigenvalue weighted by molar-refractivity contribution is 4.84. The van der Waals surface area contributed by atoms with Crippen molar-refractivity contribution in [3.63, 3.8) is 0 Å². The summed E-state index contributed by atoms with van der Waals surface area (Å²) in [5.41, 5.74) is 0. The van der Waals surface area contributed by atoms with E-state index in [9.17, 15) is 0 Å². The van der Waals surface area contributed by atoms with Crippen molar-refractivity contribution >= 4 is 0 Å². The SMILES string of the molecule is CCNCc1noc(CC)n1. The van der Waals surface area contributed by atoms with Gasteiger partial charge in [0.2, 0.25) is 5.89 Å². The molecule has 0 fully saturated rings. The number of hydrogen-bond acceptors (Lipinski definition) is 4. The Balaban J connectivity index is 2.44. The van der Waals surface area contributed by atoms with Crippen LogP contribution in [0.1, 0.15) is 25.6 Å². The minimum atomic E-state index is 0.694. The Morgan fingerprint density at radius 1 is 1.45 bits per heavy atom. The van der Waals surface area contributed by atoms with Crippen LogP contribution < -0.4 is 5.32 Å². The van der Waals surface area contributed by atoms with E-state index in [1.165, 1.54) is 0 Å². The molecule has 4 heteroatoms. The minimum absolute atomic E-state index is 0.694. The summed E-state index contributed by atoms with van der Waals surface area (Å²) in [5, 5.41) is 6.89. The Labute approximate surface area is 66.0 Å². The summed E-state index contributed by atoms with van der Waals surface area (Å²) < 4.78 is 4.91. The Morgan fingerprint density at radius 3 is 2.82 bits per heavy atom. The Bertz CT molecular complexity index is 209. The minimum Gasteiger partial charge on any atom is -0.339 e. The largest absolute Gasteiger partial charge is 0.339 e. The van der Waals surface area contributed by atoms with Crippen LogP contribution >= 0.6 is 0 Å². The molecular formula is C7H13N3O. The second kappa shape index (κ2) is 4.08. The van der Waals surface area contributed by atoms with E-state index in [0.717, 1.165) is 18.8 Å². The van der Waals surface area contributed by atoms with Gasteiger partial charge in [0, 0.05) is 6.42 Å². The van der Waals surface area contributed by atoms with E-state index in [4.69, 9.17) is 4.52 Å². The molecule has 4 nitrogen and oxygen atoms in total. The van der Waals surface area contributed by atoms with Crippen LogP contribution in [0.25, 0.3) is 0 Å². The fraction of sp³-hybridized carbons (Fsp3) is 0.714. The van der Waals surface area contributed by atoms with Crippen LogP contribution in [0.15, 0.2) is 4.52 Å². The fourth-order valence-electron chi connectivity index (χ4n) is 0.742. The second-order valence-corrected chi connectivity index (χ2v) is 2.24. The van der Waals surface area contributed by atoms with Gasteiger partial charge in [-0.05, 0) is 6.54 Å². The number of rotatable bonds is 4. The second-order valence-electron chi connectivity index (χ2n) is 2.24. The van der Waals surface area contributed by atoms with Gasteiger partial charge >= 0.3 is 0 Å². The van der Waals surface area contributed by atoms with E-state index in [0.29, 0.717) is 12.4 Å². The van der Waals surface area contributed by atoms with Crippen molar-refractivity contribution in [3.8, 4) is 0 Å². The van der Waals surface area contributed by atoms with Crippen LogP contribution in [-0.4, -0.2) is 16.7 Å². The predicted molar refractivity (Wildman–Crippen MR) is 41.1 cm³/mol. The molecule has 1 aromatic rings. The summed E-state index contributed by atoms with van der Waals surface area (Å²) in [7, 11) is 0. The highest BCUT2D eigenvalue weighted by Crippen LogP contribution is 1.96. The van der Waals surface area contributed by atoms with Crippen molar-refractivity contribution in [1.82, 2.24) is 15.5 Å². The van der Waals surface area contributed by atoms with Crippen molar-refractivity contribution in [2.24, 2.45) is 0 Å². The number of aryl methyl sites for hydroxylation is 1. The Hall–Kier alpha value is -0.900. The van der Waals surface area contributed by atoms with Gasteiger partial charge in [0.05, 0.1) is 6.54 Å². The number of aromatic nitrogens is 2. The average Bonchev–Trinajstić information content (AvgIpc) is 2.48. The standard InChI is InChI=1S/C7H13N3O/c1-3-7-9-6(10-11-7)5-8-4-2/h8H,3-5H2,1-2H3. The summed E-state index contributed by atoms with van der Waals surface area (Å²) in [6.45, 7) is 5.65. The Morgan fingerprint density at radius 2 is 2.27 bits per heavy atom. The molecule has 0 saturated heterocycles. The maximum atomic E-state index is 4.91. The van der Waals surface area contributed by atoms with Crippen LogP contribution in [0.5, 0.6) is 0 Å². The van der Waals surface area contributed by atoms with Crippen LogP contribution in [0, 0.1) is 0 Å². The van der Waals surface area contributed by atoms with Gasteiger partial charge in [-0.25, -0.2) is 0 Å². The molecule has 0 amide bonds. The zero-order valence-corrected chi connectivity index (χ0v) is 6.92. The zero-order valence-electron chi connectivity index (χ0n) is 6.92. The fourth-order valence-corrected chi connectivity index (χ4v) is 0.742. The lowest BCUT2D eigenvalue weighted by Crippen LogP contribution is -2.12. The van der Waals surface area contributed by atoms with Crippen LogP contribution in [0.3, 0.4) is 0 Å². The van der Waals surface area contributed by atoms with Crippen molar-refractivity contribution in [3.05, 3.63) is 11.7 Å². The van der Waals surface area contributed by atoms with E-state index < -0.39 is 0 Å². The average molecular weight is 155 g/mol. The molecule has 0 aromatic carbocycles. The lowest BCUT2D eigenvalue weighted by atomic mass is 10.5. The van der Waals surface area contributed by atoms with Gasteiger partial charge in [-0.3, -0.25) is 0 Å². The smallest absolute Gasteiger partial charge is 0.226 e. The van der Waals surface area contributed by atoms with Gasteiger partial charge in [-0.15, -0.1) is 0 Å². The first-order valence-corrected chi connectivity index (χ1v) is 3.89. The molecule has 0 atom stereocenters. The molecule has 0 radical (unpaired) electrons. The van der Waals surface area contributed by atoms with E-state index in [1.807, 2.05) is 13.8 Å². The molecule has 11 heavy (non-hydrogen) atoms. The van der Waals surface area contributed by atoms with E-state index in [1.54, 1.807) is 0 Å². The van der Waals surface area contributed by atoms with Gasteiger partial charge in [-0.1, -0.05) is 19.0 Å². The Kier molecular flexibility index (Phi) is 3.04. The molecule has 0 aliphatic rings. The molecule has 1 N–H and O–H groups in total. The quantitative estimate of drug-likeness (QED) is 0.696. The van der Waals surface area contributed by atoms with Crippen LogP contribution in [0.2, 0.25) is 0 Å². The summed E-state index contributed by atoms with van der Waals surface area (Å²) in [4.78, 5) is 4.13. The van der Waals surface area contributed by atoms with Crippen LogP contribution in [-0.2, 0) is 13.0 Å². The lowest BCUT2D eigenvalue weighted by Gasteiger charge is -1.91. The van der Waals surface area contributed by atoms with Crippen molar-refractivity contribution in [1.29, 1.82) is 0 Å². The lowest BCUT2D eigenvalue weighted by molar-refractivity contribution is 0.375. The van der Waals surface area contributed by atoms with Gasteiger partial charge < -0.3 is 9.84 Å². The van der Waals surface area contributed by atoms with E-state index >= 15 is 0 Å². The normalized spacial score (nSPS) is 10.4. The molecular weight excluding hydrogens is 142 g/mol. The van der Waals surface area contributed by atoms with E-state index in [-0.39, 0.29) is 0 Å². The topological polar surface area (TPSA) is 51.0 Å². The molecule has 1 aromatic heterocycles. The molecule has 1 rings (SSSR count). The monoisotopic (exact) mass is 155 g/mol. The maximum absolute atomic E-state index is 4.91. The molecule has 0 saturated carbocycles. The molecule has 0 spiro atoms. The molecule has 0 bridgehead atoms. The van der Waals surface area contributed by atoms with Gasteiger partial charge in [0.25, 0.3) is 0 Å². The zero-order chi connectivity index (χ0) is 8.10. The molecule has 62 valence electrons. The third kappa shape index (κ3) is 2.31. The molecule has 0 aliphatic heterocycles. The summed E-state index contributed by atoms with van der Waals surface area (Å²) in [6, 6.07) is 0. The van der Waals surface area contributed by atoms with Gasteiger partial charge in [0.15, 0.2) is 5.82 Å². The number of nitrogens with one attached hydrogen (secondary N) is 1. The van der Waals surface area contributed by atoms with Gasteiger partial charge in [0.1, 0.15) is 0 Å². The highest BCUT2D eigenvalue weighted by Gasteiger charge is 2.01. The summed E-state index contributed by atoms with van der Waals surface area (Å²) in [5.74, 6) is 1.45. The first-order valence-electron chi connectivity index (χ1n) is 3.89. The van der Waals surface area contributed by atoms with Gasteiger partial charge in [-0.2, -0.15) is 4.98 Å². The highest BCUT2D eigenvalue weighted by atomic mass is 16.5. The third-order valence-corrected chi connectivity index (χ3v) is 1.35. The molecule has 0 aliphatic carbocycles. The number of hydrogen-bond donors (Lipinski definition) is 1. The molecule has 0 unspecified atom stereocenters. The summed E-state index contributed by atoms with van der Waals surface area (Å²) >= 11 is 0. The van der Waals surface area contributed by atoms with Crippen LogP contribution in [0.4, 0.5) is 0 Å². The third-order valence-electron chi connectivity index (χ3n) is 1.35. The molecule has 1 heterocycles. The van der Waals surface area contributed by atoms with Crippen molar-refractivity contribution < 1.29 is 4.52 Å². The first-order chi connectivity index (χ1) is 5.36.